The van der Waals surface area contributed by atoms with Gasteiger partial charge in [0, 0.05) is 11.4 Å². The second-order valence-corrected chi connectivity index (χ2v) is 5.79. The van der Waals surface area contributed by atoms with Gasteiger partial charge in [0.2, 0.25) is 5.95 Å². The maximum absolute atomic E-state index is 5.82. The standard InChI is InChI=1S/C15H18N4/c16-15-17-12-4-2-1-3-11(12)14(19-15)18-13(9-5-6-9)10-7-8-10/h1-4,9-10,13H,5-8H2,(H3,16,17,18,19). The maximum Gasteiger partial charge on any atom is 0.222 e. The van der Waals surface area contributed by atoms with E-state index in [-0.39, 0.29) is 0 Å². The Labute approximate surface area is 112 Å². The number of nitrogens with zero attached hydrogens (tertiary/aromatic N) is 2. The molecule has 98 valence electrons. The average Bonchev–Trinajstić information content (AvgIpc) is 3.28. The first kappa shape index (κ1) is 11.0. The Balaban J connectivity index is 1.72. The molecule has 2 aliphatic rings. The molecule has 4 nitrogen and oxygen atoms in total. The van der Waals surface area contributed by atoms with E-state index in [0.29, 0.717) is 12.0 Å². The maximum atomic E-state index is 5.82. The van der Waals surface area contributed by atoms with Crippen LogP contribution in [-0.4, -0.2) is 16.0 Å². The molecule has 1 aromatic carbocycles. The molecule has 4 heteroatoms. The van der Waals surface area contributed by atoms with Crippen molar-refractivity contribution in [2.24, 2.45) is 11.8 Å². The van der Waals surface area contributed by atoms with Crippen LogP contribution in [-0.2, 0) is 0 Å². The summed E-state index contributed by atoms with van der Waals surface area (Å²) in [6.45, 7) is 0. The van der Waals surface area contributed by atoms with Gasteiger partial charge in [-0.15, -0.1) is 0 Å². The van der Waals surface area contributed by atoms with Gasteiger partial charge < -0.3 is 11.1 Å². The molecule has 2 fully saturated rings. The third kappa shape index (κ3) is 2.11. The molecule has 1 heterocycles. The summed E-state index contributed by atoms with van der Waals surface area (Å²) in [7, 11) is 0. The first-order valence-electron chi connectivity index (χ1n) is 7.10. The average molecular weight is 254 g/mol. The molecule has 0 spiro atoms. The fourth-order valence-electron chi connectivity index (χ4n) is 2.89. The highest BCUT2D eigenvalue weighted by Gasteiger charge is 2.41. The predicted molar refractivity (Wildman–Crippen MR) is 76.8 cm³/mol. The molecule has 2 aliphatic carbocycles. The molecule has 2 aromatic rings. The van der Waals surface area contributed by atoms with Crippen LogP contribution in [0, 0.1) is 11.8 Å². The van der Waals surface area contributed by atoms with Crippen molar-refractivity contribution in [2.75, 3.05) is 11.1 Å². The lowest BCUT2D eigenvalue weighted by atomic mass is 10.1. The van der Waals surface area contributed by atoms with Gasteiger partial charge in [0.1, 0.15) is 5.82 Å². The number of nitrogens with one attached hydrogen (secondary N) is 1. The van der Waals surface area contributed by atoms with Gasteiger partial charge in [0.25, 0.3) is 0 Å². The van der Waals surface area contributed by atoms with Crippen molar-refractivity contribution in [3.63, 3.8) is 0 Å². The molecule has 1 aromatic heterocycles. The van der Waals surface area contributed by atoms with Crippen molar-refractivity contribution in [3.05, 3.63) is 24.3 Å². The van der Waals surface area contributed by atoms with Gasteiger partial charge in [0.05, 0.1) is 5.52 Å². The van der Waals surface area contributed by atoms with E-state index < -0.39 is 0 Å². The van der Waals surface area contributed by atoms with Gasteiger partial charge in [-0.2, -0.15) is 4.98 Å². The number of rotatable bonds is 4. The highest BCUT2D eigenvalue weighted by atomic mass is 15.1. The first-order chi connectivity index (χ1) is 9.31. The third-order valence-electron chi connectivity index (χ3n) is 4.18. The van der Waals surface area contributed by atoms with Gasteiger partial charge in [0.15, 0.2) is 0 Å². The third-order valence-corrected chi connectivity index (χ3v) is 4.18. The SMILES string of the molecule is Nc1nc(NC(C2CC2)C2CC2)c2ccccc2n1. The van der Waals surface area contributed by atoms with E-state index in [1.165, 1.54) is 25.7 Å². The van der Waals surface area contributed by atoms with E-state index >= 15 is 0 Å². The number of fused-ring (bicyclic) bond motifs is 1. The van der Waals surface area contributed by atoms with Crippen LogP contribution in [0.1, 0.15) is 25.7 Å². The van der Waals surface area contributed by atoms with Crippen LogP contribution in [0.3, 0.4) is 0 Å². The van der Waals surface area contributed by atoms with Crippen molar-refractivity contribution in [1.82, 2.24) is 9.97 Å². The summed E-state index contributed by atoms with van der Waals surface area (Å²) in [4.78, 5) is 8.71. The smallest absolute Gasteiger partial charge is 0.222 e. The molecular formula is C15H18N4. The largest absolute Gasteiger partial charge is 0.368 e. The Hall–Kier alpha value is -1.84. The van der Waals surface area contributed by atoms with Crippen LogP contribution in [0.25, 0.3) is 10.9 Å². The zero-order chi connectivity index (χ0) is 12.8. The van der Waals surface area contributed by atoms with Gasteiger partial charge in [-0.1, -0.05) is 12.1 Å². The number of hydrogen-bond acceptors (Lipinski definition) is 4. The lowest BCUT2D eigenvalue weighted by Crippen LogP contribution is -2.25. The number of nitrogen functional groups attached to an aromatic ring is 1. The lowest BCUT2D eigenvalue weighted by molar-refractivity contribution is 0.566. The number of hydrogen-bond donors (Lipinski definition) is 2. The molecule has 0 radical (unpaired) electrons. The summed E-state index contributed by atoms with van der Waals surface area (Å²) in [5, 5.41) is 4.73. The Morgan fingerprint density at radius 2 is 1.74 bits per heavy atom. The van der Waals surface area contributed by atoms with Gasteiger partial charge >= 0.3 is 0 Å². The Morgan fingerprint density at radius 1 is 1.05 bits per heavy atom. The van der Waals surface area contributed by atoms with Crippen molar-refractivity contribution in [1.29, 1.82) is 0 Å². The van der Waals surface area contributed by atoms with Crippen LogP contribution in [0.15, 0.2) is 24.3 Å². The quantitative estimate of drug-likeness (QED) is 0.880. The molecule has 3 N–H and O–H groups in total. The molecule has 0 amide bonds. The van der Waals surface area contributed by atoms with Crippen LogP contribution in [0.4, 0.5) is 11.8 Å². The molecule has 4 rings (SSSR count). The Morgan fingerprint density at radius 3 is 2.42 bits per heavy atom. The Bertz CT molecular complexity index is 605. The molecule has 2 saturated carbocycles. The van der Waals surface area contributed by atoms with E-state index in [1.807, 2.05) is 18.2 Å². The van der Waals surface area contributed by atoms with E-state index in [2.05, 4.69) is 21.4 Å². The molecule has 0 atom stereocenters. The molecule has 0 saturated heterocycles. The van der Waals surface area contributed by atoms with E-state index in [0.717, 1.165) is 28.6 Å². The summed E-state index contributed by atoms with van der Waals surface area (Å²) in [6, 6.07) is 8.64. The van der Waals surface area contributed by atoms with E-state index in [9.17, 15) is 0 Å². The van der Waals surface area contributed by atoms with Gasteiger partial charge in [-0.05, 0) is 49.7 Å². The fraction of sp³-hybridized carbons (Fsp3) is 0.467. The summed E-state index contributed by atoms with van der Waals surface area (Å²) in [6.07, 6.45) is 5.42. The zero-order valence-corrected chi connectivity index (χ0v) is 10.8. The number of para-hydroxylation sites is 1. The summed E-state index contributed by atoms with van der Waals surface area (Å²) < 4.78 is 0. The summed E-state index contributed by atoms with van der Waals surface area (Å²) in [5.74, 6) is 2.93. The van der Waals surface area contributed by atoms with Crippen LogP contribution in [0.5, 0.6) is 0 Å². The van der Waals surface area contributed by atoms with Crippen molar-refractivity contribution < 1.29 is 0 Å². The molecular weight excluding hydrogens is 236 g/mol. The predicted octanol–water partition coefficient (Wildman–Crippen LogP) is 2.81. The van der Waals surface area contributed by atoms with Gasteiger partial charge in [-0.3, -0.25) is 0 Å². The first-order valence-corrected chi connectivity index (χ1v) is 7.10. The molecule has 19 heavy (non-hydrogen) atoms. The van der Waals surface area contributed by atoms with Crippen molar-refractivity contribution in [3.8, 4) is 0 Å². The topological polar surface area (TPSA) is 63.8 Å². The zero-order valence-electron chi connectivity index (χ0n) is 10.8. The van der Waals surface area contributed by atoms with Crippen molar-refractivity contribution >= 4 is 22.7 Å². The van der Waals surface area contributed by atoms with E-state index in [4.69, 9.17) is 5.73 Å². The Kier molecular flexibility index (Phi) is 2.37. The minimum absolute atomic E-state index is 0.353. The molecule has 0 bridgehead atoms. The highest BCUT2D eigenvalue weighted by molar-refractivity contribution is 5.90. The normalized spacial score (nSPS) is 19.0. The minimum Gasteiger partial charge on any atom is -0.368 e. The summed E-state index contributed by atoms with van der Waals surface area (Å²) >= 11 is 0. The van der Waals surface area contributed by atoms with Crippen LogP contribution in [0.2, 0.25) is 0 Å². The number of aromatic nitrogens is 2. The number of benzene rings is 1. The number of nitrogens with two attached hydrogens (primary N) is 1. The van der Waals surface area contributed by atoms with E-state index in [1.54, 1.807) is 0 Å². The minimum atomic E-state index is 0.353. The lowest BCUT2D eigenvalue weighted by Gasteiger charge is -2.19. The van der Waals surface area contributed by atoms with Crippen molar-refractivity contribution in [2.45, 2.75) is 31.7 Å². The number of anilines is 2. The monoisotopic (exact) mass is 254 g/mol. The fourth-order valence-corrected chi connectivity index (χ4v) is 2.89. The van der Waals surface area contributed by atoms with Crippen LogP contribution < -0.4 is 11.1 Å². The van der Waals surface area contributed by atoms with Gasteiger partial charge in [-0.25, -0.2) is 4.98 Å². The molecule has 0 unspecified atom stereocenters. The second kappa shape index (κ2) is 4.08. The second-order valence-electron chi connectivity index (χ2n) is 5.79. The van der Waals surface area contributed by atoms with Crippen LogP contribution >= 0.6 is 0 Å². The molecule has 0 aliphatic heterocycles. The highest BCUT2D eigenvalue weighted by Crippen LogP contribution is 2.46. The summed E-state index contributed by atoms with van der Waals surface area (Å²) in [5.41, 5.74) is 6.74.